The van der Waals surface area contributed by atoms with Gasteiger partial charge in [-0.25, -0.2) is 4.79 Å². The highest BCUT2D eigenvalue weighted by atomic mass is 16.5. The van der Waals surface area contributed by atoms with Crippen LogP contribution in [0.1, 0.15) is 11.1 Å². The first kappa shape index (κ1) is 20.4. The van der Waals surface area contributed by atoms with Gasteiger partial charge in [0, 0.05) is 36.8 Å². The second kappa shape index (κ2) is 8.10. The van der Waals surface area contributed by atoms with Crippen LogP contribution in [0.15, 0.2) is 60.3 Å². The number of carbonyl (C=O) groups is 3. The fraction of sp³-hybridized carbons (Fsp3) is 0.208. The lowest BCUT2D eigenvalue weighted by atomic mass is 10.1. The third-order valence-electron chi connectivity index (χ3n) is 5.45. The predicted octanol–water partition coefficient (Wildman–Crippen LogP) is 3.46. The van der Waals surface area contributed by atoms with Gasteiger partial charge in [-0.3, -0.25) is 19.4 Å². The lowest BCUT2D eigenvalue weighted by molar-refractivity contribution is -0.134. The van der Waals surface area contributed by atoms with Crippen LogP contribution in [0.25, 0.3) is 17.0 Å². The number of benzene rings is 2. The summed E-state index contributed by atoms with van der Waals surface area (Å²) in [6, 6.07) is 15.0. The molecule has 4 amide bonds. The van der Waals surface area contributed by atoms with Gasteiger partial charge in [0.25, 0.3) is 11.8 Å². The van der Waals surface area contributed by atoms with Crippen LogP contribution in [0.2, 0.25) is 0 Å². The molecule has 158 valence electrons. The van der Waals surface area contributed by atoms with Gasteiger partial charge >= 0.3 is 6.03 Å². The van der Waals surface area contributed by atoms with E-state index in [1.54, 1.807) is 6.08 Å². The summed E-state index contributed by atoms with van der Waals surface area (Å²) in [5, 5.41) is 0.911. The van der Waals surface area contributed by atoms with Crippen LogP contribution < -0.4 is 4.74 Å². The standard InChI is InChI=1S/C24H23N3O4/c1-16-8-4-7-11-21(16)31-13-12-27-15-17(18-9-5-6-10-20(18)27)14-19-22(28)25(2)24(30)26(3)23(19)29/h4-11,14-15H,12-13H2,1-3H3. The number of likely N-dealkylation sites (N-methyl/N-ethyl adjacent to an activating group) is 2. The molecule has 2 heterocycles. The van der Waals surface area contributed by atoms with E-state index in [1.807, 2.05) is 66.2 Å². The zero-order valence-electron chi connectivity index (χ0n) is 17.7. The van der Waals surface area contributed by atoms with Crippen molar-refractivity contribution in [3.8, 4) is 5.75 Å². The fourth-order valence-electron chi connectivity index (χ4n) is 3.68. The van der Waals surface area contributed by atoms with Crippen LogP contribution in [0.5, 0.6) is 5.75 Å². The van der Waals surface area contributed by atoms with Gasteiger partial charge in [-0.05, 0) is 30.7 Å². The second-order valence-electron chi connectivity index (χ2n) is 7.48. The summed E-state index contributed by atoms with van der Waals surface area (Å²) >= 11 is 0. The maximum atomic E-state index is 12.6. The van der Waals surface area contributed by atoms with Crippen molar-refractivity contribution in [1.82, 2.24) is 14.4 Å². The third-order valence-corrected chi connectivity index (χ3v) is 5.45. The third kappa shape index (κ3) is 3.70. The molecule has 1 fully saturated rings. The van der Waals surface area contributed by atoms with Crippen molar-refractivity contribution in [2.24, 2.45) is 0 Å². The van der Waals surface area contributed by atoms with Gasteiger partial charge in [0.15, 0.2) is 0 Å². The van der Waals surface area contributed by atoms with E-state index in [-0.39, 0.29) is 5.57 Å². The molecule has 1 saturated heterocycles. The minimum atomic E-state index is -0.636. The lowest BCUT2D eigenvalue weighted by Crippen LogP contribution is -2.52. The fourth-order valence-corrected chi connectivity index (χ4v) is 3.68. The highest BCUT2D eigenvalue weighted by molar-refractivity contribution is 6.31. The largest absolute Gasteiger partial charge is 0.491 e. The summed E-state index contributed by atoms with van der Waals surface area (Å²) < 4.78 is 7.97. The van der Waals surface area contributed by atoms with Crippen LogP contribution in [0.3, 0.4) is 0 Å². The Kier molecular flexibility index (Phi) is 5.33. The molecular weight excluding hydrogens is 394 g/mol. The number of aromatic nitrogens is 1. The van der Waals surface area contributed by atoms with E-state index >= 15 is 0 Å². The van der Waals surface area contributed by atoms with Gasteiger partial charge in [0.05, 0.1) is 6.54 Å². The minimum absolute atomic E-state index is 0.0383. The van der Waals surface area contributed by atoms with Crippen molar-refractivity contribution >= 4 is 34.8 Å². The van der Waals surface area contributed by atoms with Crippen LogP contribution >= 0.6 is 0 Å². The highest BCUT2D eigenvalue weighted by Gasteiger charge is 2.37. The quantitative estimate of drug-likeness (QED) is 0.471. The topological polar surface area (TPSA) is 71.8 Å². The Bertz CT molecular complexity index is 1200. The van der Waals surface area contributed by atoms with Gasteiger partial charge in [0.2, 0.25) is 0 Å². The molecule has 7 nitrogen and oxygen atoms in total. The van der Waals surface area contributed by atoms with E-state index in [9.17, 15) is 14.4 Å². The molecule has 0 unspecified atom stereocenters. The highest BCUT2D eigenvalue weighted by Crippen LogP contribution is 2.26. The van der Waals surface area contributed by atoms with Crippen LogP contribution in [0.4, 0.5) is 4.79 Å². The summed E-state index contributed by atoms with van der Waals surface area (Å²) in [6.45, 7) is 3.07. The number of hydrogen-bond donors (Lipinski definition) is 0. The van der Waals surface area contributed by atoms with Gasteiger partial charge in [-0.15, -0.1) is 0 Å². The zero-order chi connectivity index (χ0) is 22.1. The Hall–Kier alpha value is -3.87. The molecule has 0 atom stereocenters. The molecule has 0 radical (unpaired) electrons. The number of para-hydroxylation sites is 2. The van der Waals surface area contributed by atoms with Gasteiger partial charge in [-0.2, -0.15) is 0 Å². The molecule has 2 aromatic carbocycles. The van der Waals surface area contributed by atoms with Crippen molar-refractivity contribution in [3.05, 3.63) is 71.4 Å². The first-order valence-electron chi connectivity index (χ1n) is 9.96. The summed E-state index contributed by atoms with van der Waals surface area (Å²) in [4.78, 5) is 39.0. The van der Waals surface area contributed by atoms with E-state index in [4.69, 9.17) is 4.74 Å². The molecule has 1 aliphatic heterocycles. The predicted molar refractivity (Wildman–Crippen MR) is 118 cm³/mol. The maximum absolute atomic E-state index is 12.6. The van der Waals surface area contributed by atoms with Crippen molar-refractivity contribution in [2.75, 3.05) is 20.7 Å². The molecule has 0 saturated carbocycles. The molecule has 7 heteroatoms. The van der Waals surface area contributed by atoms with E-state index in [1.165, 1.54) is 14.1 Å². The molecule has 31 heavy (non-hydrogen) atoms. The number of hydrogen-bond acceptors (Lipinski definition) is 4. The molecule has 0 N–H and O–H groups in total. The zero-order valence-corrected chi connectivity index (χ0v) is 17.7. The van der Waals surface area contributed by atoms with Gasteiger partial charge < -0.3 is 9.30 Å². The number of ether oxygens (including phenoxy) is 1. The summed E-state index contributed by atoms with van der Waals surface area (Å²) in [5.74, 6) is -0.365. The minimum Gasteiger partial charge on any atom is -0.491 e. The first-order valence-corrected chi connectivity index (χ1v) is 9.96. The number of rotatable bonds is 5. The molecule has 1 aromatic heterocycles. The van der Waals surface area contributed by atoms with Crippen LogP contribution in [-0.2, 0) is 16.1 Å². The number of amides is 4. The normalized spacial score (nSPS) is 14.5. The van der Waals surface area contributed by atoms with Gasteiger partial charge in [0.1, 0.15) is 17.9 Å². The number of carbonyl (C=O) groups excluding carboxylic acids is 3. The molecular formula is C24H23N3O4. The van der Waals surface area contributed by atoms with Crippen molar-refractivity contribution < 1.29 is 19.1 Å². The molecule has 0 spiro atoms. The number of imide groups is 2. The van der Waals surface area contributed by atoms with E-state index in [0.29, 0.717) is 13.2 Å². The lowest BCUT2D eigenvalue weighted by Gasteiger charge is -2.28. The smallest absolute Gasteiger partial charge is 0.333 e. The average Bonchev–Trinajstić information content (AvgIpc) is 3.13. The summed E-state index contributed by atoms with van der Waals surface area (Å²) in [7, 11) is 2.74. The number of fused-ring (bicyclic) bond motifs is 1. The van der Waals surface area contributed by atoms with Crippen molar-refractivity contribution in [3.63, 3.8) is 0 Å². The van der Waals surface area contributed by atoms with E-state index in [2.05, 4.69) is 0 Å². The average molecular weight is 417 g/mol. The number of barbiturate groups is 1. The Balaban J connectivity index is 1.65. The maximum Gasteiger partial charge on any atom is 0.333 e. The summed E-state index contributed by atoms with van der Waals surface area (Å²) in [5.41, 5.74) is 2.74. The molecule has 0 bridgehead atoms. The SMILES string of the molecule is Cc1ccccc1OCCn1cc(C=C2C(=O)N(C)C(=O)N(C)C2=O)c2ccccc21. The molecule has 3 aromatic rings. The van der Waals surface area contributed by atoms with Crippen LogP contribution in [0, 0.1) is 6.92 Å². The first-order chi connectivity index (χ1) is 14.9. The van der Waals surface area contributed by atoms with E-state index < -0.39 is 17.8 Å². The summed E-state index contributed by atoms with van der Waals surface area (Å²) in [6.07, 6.45) is 3.46. The molecule has 0 aliphatic carbocycles. The number of nitrogens with zero attached hydrogens (tertiary/aromatic N) is 3. The Morgan fingerprint density at radius 3 is 2.26 bits per heavy atom. The van der Waals surface area contributed by atoms with Crippen molar-refractivity contribution in [1.29, 1.82) is 0 Å². The second-order valence-corrected chi connectivity index (χ2v) is 7.48. The Labute approximate surface area is 180 Å². The van der Waals surface area contributed by atoms with Crippen LogP contribution in [-0.4, -0.2) is 52.9 Å². The van der Waals surface area contributed by atoms with E-state index in [0.717, 1.165) is 37.6 Å². The van der Waals surface area contributed by atoms with Crippen molar-refractivity contribution in [2.45, 2.75) is 13.5 Å². The molecule has 1 aliphatic rings. The monoisotopic (exact) mass is 417 g/mol. The number of aryl methyl sites for hydroxylation is 1. The number of urea groups is 1. The molecule has 4 rings (SSSR count). The Morgan fingerprint density at radius 2 is 1.55 bits per heavy atom. The Morgan fingerprint density at radius 1 is 0.903 bits per heavy atom. The van der Waals surface area contributed by atoms with Gasteiger partial charge in [-0.1, -0.05) is 36.4 Å².